The van der Waals surface area contributed by atoms with E-state index in [9.17, 15) is 18.4 Å². The molecule has 8 heteroatoms. The van der Waals surface area contributed by atoms with E-state index in [0.29, 0.717) is 11.1 Å². The molecular formula is C23H18F2N4O2. The van der Waals surface area contributed by atoms with E-state index in [2.05, 4.69) is 10.3 Å². The van der Waals surface area contributed by atoms with Crippen LogP contribution in [0.2, 0.25) is 0 Å². The largest absolute Gasteiger partial charge is 0.343 e. The topological polar surface area (TPSA) is 86.1 Å². The van der Waals surface area contributed by atoms with Gasteiger partial charge in [-0.3, -0.25) is 14.6 Å². The molecule has 0 bridgehead atoms. The number of pyridine rings is 1. The number of rotatable bonds is 4. The summed E-state index contributed by atoms with van der Waals surface area (Å²) in [5, 5.41) is 12.3. The first-order valence-electron chi connectivity index (χ1n) is 9.67. The van der Waals surface area contributed by atoms with Crippen molar-refractivity contribution in [2.45, 2.75) is 18.4 Å². The van der Waals surface area contributed by atoms with Crippen LogP contribution in [0.3, 0.4) is 0 Å². The first-order valence-corrected chi connectivity index (χ1v) is 9.67. The summed E-state index contributed by atoms with van der Waals surface area (Å²) in [6.07, 6.45) is 1.00. The second kappa shape index (κ2) is 8.11. The van der Waals surface area contributed by atoms with Crippen molar-refractivity contribution in [3.8, 4) is 17.2 Å². The van der Waals surface area contributed by atoms with Crippen molar-refractivity contribution in [1.82, 2.24) is 15.2 Å². The van der Waals surface area contributed by atoms with E-state index in [0.717, 1.165) is 21.4 Å². The minimum Gasteiger partial charge on any atom is -0.343 e. The molecule has 0 radical (unpaired) electrons. The molecule has 0 aliphatic carbocycles. The van der Waals surface area contributed by atoms with Gasteiger partial charge in [-0.25, -0.2) is 8.78 Å². The number of nitrogens with one attached hydrogen (secondary N) is 1. The molecule has 1 aliphatic heterocycles. The van der Waals surface area contributed by atoms with Gasteiger partial charge in [-0.1, -0.05) is 30.3 Å². The molecule has 3 aromatic rings. The first kappa shape index (κ1) is 20.4. The zero-order chi connectivity index (χ0) is 22.0. The Labute approximate surface area is 177 Å². The summed E-state index contributed by atoms with van der Waals surface area (Å²) in [6.45, 7) is -1.29. The van der Waals surface area contributed by atoms with Crippen molar-refractivity contribution in [1.29, 1.82) is 5.26 Å². The van der Waals surface area contributed by atoms with Crippen molar-refractivity contribution in [3.05, 3.63) is 66.4 Å². The molecule has 1 fully saturated rings. The summed E-state index contributed by atoms with van der Waals surface area (Å²) >= 11 is 0. The number of nitriles is 1. The number of nitrogens with zero attached hydrogens (tertiary/aromatic N) is 3. The molecule has 1 N–H and O–H groups in total. The standard InChI is InChI=1S/C23H18F2N4O2/c24-23(25)11-17(12-26)29(14-23)21(30)13-28-22(31)16-6-7-20-19(10-16)18(8-9-27-20)15-4-2-1-3-5-15/h1-10,17H,11,13-14H2,(H,28,31). The second-order valence-electron chi connectivity index (χ2n) is 7.37. The summed E-state index contributed by atoms with van der Waals surface area (Å²) in [5.41, 5.74) is 2.91. The number of amides is 2. The van der Waals surface area contributed by atoms with Crippen LogP contribution in [-0.2, 0) is 4.79 Å². The van der Waals surface area contributed by atoms with Crippen LogP contribution in [0.4, 0.5) is 8.78 Å². The van der Waals surface area contributed by atoms with E-state index < -0.39 is 43.3 Å². The number of aromatic nitrogens is 1. The molecule has 31 heavy (non-hydrogen) atoms. The monoisotopic (exact) mass is 420 g/mol. The molecule has 1 aromatic heterocycles. The van der Waals surface area contributed by atoms with Crippen LogP contribution in [0.5, 0.6) is 0 Å². The molecule has 1 aliphatic rings. The molecule has 1 unspecified atom stereocenters. The molecule has 156 valence electrons. The van der Waals surface area contributed by atoms with E-state index in [4.69, 9.17) is 5.26 Å². The molecule has 2 amide bonds. The Morgan fingerprint density at radius 3 is 2.71 bits per heavy atom. The third-order valence-corrected chi connectivity index (χ3v) is 5.23. The maximum absolute atomic E-state index is 13.5. The Kier molecular flexibility index (Phi) is 5.34. The quantitative estimate of drug-likeness (QED) is 0.701. The first-order chi connectivity index (χ1) is 14.9. The Morgan fingerprint density at radius 2 is 1.97 bits per heavy atom. The van der Waals surface area contributed by atoms with E-state index in [1.54, 1.807) is 30.5 Å². The number of fused-ring (bicyclic) bond motifs is 1. The van der Waals surface area contributed by atoms with Crippen LogP contribution >= 0.6 is 0 Å². The highest BCUT2D eigenvalue weighted by atomic mass is 19.3. The molecule has 6 nitrogen and oxygen atoms in total. The molecule has 1 saturated heterocycles. The van der Waals surface area contributed by atoms with Gasteiger partial charge in [0.2, 0.25) is 5.91 Å². The Hall–Kier alpha value is -3.86. The molecule has 1 atom stereocenters. The maximum atomic E-state index is 13.5. The van der Waals surface area contributed by atoms with Crippen LogP contribution < -0.4 is 5.32 Å². The van der Waals surface area contributed by atoms with Crippen LogP contribution in [0.15, 0.2) is 60.8 Å². The predicted molar refractivity (Wildman–Crippen MR) is 110 cm³/mol. The van der Waals surface area contributed by atoms with Gasteiger partial charge in [0.05, 0.1) is 24.7 Å². The fraction of sp³-hybridized carbons (Fsp3) is 0.217. The summed E-state index contributed by atoms with van der Waals surface area (Å²) < 4.78 is 27.1. The lowest BCUT2D eigenvalue weighted by molar-refractivity contribution is -0.131. The van der Waals surface area contributed by atoms with Crippen molar-refractivity contribution in [3.63, 3.8) is 0 Å². The predicted octanol–water partition coefficient (Wildman–Crippen LogP) is 3.39. The highest BCUT2D eigenvalue weighted by Crippen LogP contribution is 2.31. The average molecular weight is 420 g/mol. The number of hydrogen-bond acceptors (Lipinski definition) is 4. The minimum atomic E-state index is -3.10. The normalized spacial score (nSPS) is 17.3. The Balaban J connectivity index is 1.52. The lowest BCUT2D eigenvalue weighted by atomic mass is 10.00. The van der Waals surface area contributed by atoms with Gasteiger partial charge in [0, 0.05) is 23.6 Å². The lowest BCUT2D eigenvalue weighted by Gasteiger charge is -2.19. The van der Waals surface area contributed by atoms with Crippen LogP contribution in [0, 0.1) is 11.3 Å². The van der Waals surface area contributed by atoms with Gasteiger partial charge in [0.15, 0.2) is 0 Å². The Morgan fingerprint density at radius 1 is 1.19 bits per heavy atom. The van der Waals surface area contributed by atoms with Gasteiger partial charge in [0.1, 0.15) is 6.04 Å². The van der Waals surface area contributed by atoms with Gasteiger partial charge >= 0.3 is 0 Å². The van der Waals surface area contributed by atoms with Gasteiger partial charge < -0.3 is 10.2 Å². The summed E-state index contributed by atoms with van der Waals surface area (Å²) in [6, 6.07) is 17.0. The van der Waals surface area contributed by atoms with Crippen molar-refractivity contribution in [2.75, 3.05) is 13.1 Å². The van der Waals surface area contributed by atoms with Gasteiger partial charge in [-0.2, -0.15) is 5.26 Å². The third kappa shape index (κ3) is 4.21. The lowest BCUT2D eigenvalue weighted by Crippen LogP contribution is -2.42. The number of carbonyl (C=O) groups excluding carboxylic acids is 2. The molecule has 0 spiro atoms. The summed E-state index contributed by atoms with van der Waals surface area (Å²) in [4.78, 5) is 30.1. The number of hydrogen-bond donors (Lipinski definition) is 1. The smallest absolute Gasteiger partial charge is 0.268 e. The fourth-order valence-corrected chi connectivity index (χ4v) is 3.71. The maximum Gasteiger partial charge on any atom is 0.268 e. The number of benzene rings is 2. The van der Waals surface area contributed by atoms with Crippen LogP contribution in [0.1, 0.15) is 16.8 Å². The number of alkyl halides is 2. The molecule has 2 aromatic carbocycles. The van der Waals surface area contributed by atoms with Crippen LogP contribution in [-0.4, -0.2) is 46.8 Å². The van der Waals surface area contributed by atoms with Crippen LogP contribution in [0.25, 0.3) is 22.0 Å². The SMILES string of the molecule is N#CC1CC(F)(F)CN1C(=O)CNC(=O)c1ccc2nccc(-c3ccccc3)c2c1. The molecule has 4 rings (SSSR count). The van der Waals surface area contributed by atoms with E-state index in [1.807, 2.05) is 36.4 Å². The van der Waals surface area contributed by atoms with E-state index in [-0.39, 0.29) is 0 Å². The third-order valence-electron chi connectivity index (χ3n) is 5.23. The van der Waals surface area contributed by atoms with E-state index in [1.165, 1.54) is 0 Å². The number of halogens is 2. The van der Waals surface area contributed by atoms with Gasteiger partial charge in [-0.05, 0) is 35.4 Å². The minimum absolute atomic E-state index is 0.314. The fourth-order valence-electron chi connectivity index (χ4n) is 3.71. The summed E-state index contributed by atoms with van der Waals surface area (Å²) in [7, 11) is 0. The second-order valence-corrected chi connectivity index (χ2v) is 7.37. The number of carbonyl (C=O) groups is 2. The highest BCUT2D eigenvalue weighted by molar-refractivity contribution is 6.02. The summed E-state index contributed by atoms with van der Waals surface area (Å²) in [5.74, 6) is -4.33. The van der Waals surface area contributed by atoms with E-state index >= 15 is 0 Å². The van der Waals surface area contributed by atoms with Crippen molar-refractivity contribution < 1.29 is 18.4 Å². The molecule has 2 heterocycles. The Bertz CT molecular complexity index is 1190. The zero-order valence-electron chi connectivity index (χ0n) is 16.4. The number of likely N-dealkylation sites (tertiary alicyclic amines) is 1. The van der Waals surface area contributed by atoms with Crippen molar-refractivity contribution in [2.24, 2.45) is 0 Å². The van der Waals surface area contributed by atoms with Gasteiger partial charge in [-0.15, -0.1) is 0 Å². The molecule has 0 saturated carbocycles. The average Bonchev–Trinajstić information content (AvgIpc) is 3.11. The molecular weight excluding hydrogens is 402 g/mol. The zero-order valence-corrected chi connectivity index (χ0v) is 16.4. The highest BCUT2D eigenvalue weighted by Gasteiger charge is 2.47. The van der Waals surface area contributed by atoms with Crippen molar-refractivity contribution >= 4 is 22.7 Å². The van der Waals surface area contributed by atoms with Gasteiger partial charge in [0.25, 0.3) is 11.8 Å².